The van der Waals surface area contributed by atoms with Gasteiger partial charge in [-0.25, -0.2) is 9.97 Å². The topological polar surface area (TPSA) is 83.1 Å². The molecule has 1 saturated heterocycles. The fraction of sp³-hybridized carbons (Fsp3) is 0.526. The summed E-state index contributed by atoms with van der Waals surface area (Å²) in [6.07, 6.45) is 2.47. The first-order valence-electron chi connectivity index (χ1n) is 9.22. The molecule has 1 fully saturated rings. The third-order valence-electron chi connectivity index (χ3n) is 4.91. The zero-order chi connectivity index (χ0) is 18.5. The lowest BCUT2D eigenvalue weighted by atomic mass is 10.1. The average Bonchev–Trinajstić information content (AvgIpc) is 2.68. The molecule has 0 aromatic carbocycles. The van der Waals surface area contributed by atoms with Crippen LogP contribution in [0.4, 0.5) is 5.82 Å². The first kappa shape index (κ1) is 18.5. The lowest BCUT2D eigenvalue weighted by molar-refractivity contribution is 0.0176. The number of morpholine rings is 1. The Labute approximate surface area is 153 Å². The number of nitrogens with one attached hydrogen (secondary N) is 2. The van der Waals surface area contributed by atoms with E-state index in [1.807, 2.05) is 19.1 Å². The Morgan fingerprint density at radius 3 is 2.73 bits per heavy atom. The van der Waals surface area contributed by atoms with Gasteiger partial charge < -0.3 is 15.0 Å². The van der Waals surface area contributed by atoms with Crippen molar-refractivity contribution in [2.24, 2.45) is 0 Å². The van der Waals surface area contributed by atoms with Crippen LogP contribution in [-0.2, 0) is 11.2 Å². The summed E-state index contributed by atoms with van der Waals surface area (Å²) in [4.78, 5) is 25.9. The highest BCUT2D eigenvalue weighted by Crippen LogP contribution is 2.17. The van der Waals surface area contributed by atoms with Crippen LogP contribution in [-0.4, -0.2) is 58.2 Å². The van der Waals surface area contributed by atoms with E-state index in [4.69, 9.17) is 4.74 Å². The monoisotopic (exact) mass is 357 g/mol. The Bertz CT molecular complexity index is 768. The van der Waals surface area contributed by atoms with Crippen LogP contribution < -0.4 is 10.9 Å². The molecule has 2 aromatic heterocycles. The van der Waals surface area contributed by atoms with E-state index in [-0.39, 0.29) is 11.6 Å². The molecule has 1 aliphatic heterocycles. The lowest BCUT2D eigenvalue weighted by Gasteiger charge is -2.36. The number of aromatic amines is 1. The van der Waals surface area contributed by atoms with Crippen molar-refractivity contribution in [1.82, 2.24) is 19.9 Å². The Hall–Kier alpha value is -2.25. The highest BCUT2D eigenvalue weighted by atomic mass is 16.5. The molecule has 2 atom stereocenters. The second-order valence-electron chi connectivity index (χ2n) is 6.69. The van der Waals surface area contributed by atoms with E-state index < -0.39 is 0 Å². The van der Waals surface area contributed by atoms with Crippen LogP contribution in [0.1, 0.15) is 26.5 Å². The second-order valence-corrected chi connectivity index (χ2v) is 6.69. The van der Waals surface area contributed by atoms with Crippen LogP contribution in [0.15, 0.2) is 29.2 Å². The number of nitrogens with zero attached hydrogens (tertiary/aromatic N) is 3. The summed E-state index contributed by atoms with van der Waals surface area (Å²) < 4.78 is 5.42. The predicted molar refractivity (Wildman–Crippen MR) is 102 cm³/mol. The van der Waals surface area contributed by atoms with Crippen LogP contribution in [0.3, 0.4) is 0 Å². The molecule has 2 unspecified atom stereocenters. The maximum Gasteiger partial charge on any atom is 0.251 e. The molecule has 3 rings (SSSR count). The average molecular weight is 357 g/mol. The van der Waals surface area contributed by atoms with Gasteiger partial charge in [-0.1, -0.05) is 6.92 Å². The maximum atomic E-state index is 11.7. The van der Waals surface area contributed by atoms with Gasteiger partial charge in [0.1, 0.15) is 11.6 Å². The molecular formula is C19H27N5O2. The molecule has 26 heavy (non-hydrogen) atoms. The van der Waals surface area contributed by atoms with Crippen LogP contribution >= 0.6 is 0 Å². The molecule has 1 aliphatic rings. The zero-order valence-electron chi connectivity index (χ0n) is 15.7. The van der Waals surface area contributed by atoms with Crippen molar-refractivity contribution in [1.29, 1.82) is 0 Å². The number of aromatic nitrogens is 3. The molecule has 0 aliphatic carbocycles. The van der Waals surface area contributed by atoms with Crippen LogP contribution in [0.5, 0.6) is 0 Å². The molecule has 0 bridgehead atoms. The fourth-order valence-corrected chi connectivity index (χ4v) is 3.10. The van der Waals surface area contributed by atoms with Crippen molar-refractivity contribution in [2.45, 2.75) is 39.3 Å². The highest BCUT2D eigenvalue weighted by molar-refractivity contribution is 5.56. The van der Waals surface area contributed by atoms with Gasteiger partial charge in [0.05, 0.1) is 13.2 Å². The Kier molecular flexibility index (Phi) is 6.00. The molecule has 7 heteroatoms. The fourth-order valence-electron chi connectivity index (χ4n) is 3.10. The van der Waals surface area contributed by atoms with E-state index >= 15 is 0 Å². The quantitative estimate of drug-likeness (QED) is 0.822. The summed E-state index contributed by atoms with van der Waals surface area (Å²) in [5.74, 6) is 1.37. The number of hydrogen-bond acceptors (Lipinski definition) is 6. The van der Waals surface area contributed by atoms with Crippen LogP contribution in [0.2, 0.25) is 0 Å². The summed E-state index contributed by atoms with van der Waals surface area (Å²) in [5, 5.41) is 3.47. The SMILES string of the molecule is CCc1cc(=O)[nH]c(-c2ccc(NC(C)C(C)N3CCOCC3)nc2)n1. The Morgan fingerprint density at radius 1 is 1.31 bits per heavy atom. The van der Waals surface area contributed by atoms with E-state index in [1.54, 1.807) is 6.20 Å². The van der Waals surface area contributed by atoms with Gasteiger partial charge in [-0.05, 0) is 32.4 Å². The molecule has 0 saturated carbocycles. The standard InChI is InChI=1S/C19H27N5O2/c1-4-16-11-18(25)23-19(22-16)15-5-6-17(20-12-15)21-13(2)14(3)24-7-9-26-10-8-24/h5-6,11-14H,4,7-10H2,1-3H3,(H,20,21)(H,22,23,25). The van der Waals surface area contributed by atoms with Crippen molar-refractivity contribution in [2.75, 3.05) is 31.6 Å². The molecule has 140 valence electrons. The largest absolute Gasteiger partial charge is 0.379 e. The summed E-state index contributed by atoms with van der Waals surface area (Å²) in [6.45, 7) is 9.90. The molecule has 0 radical (unpaired) electrons. The number of pyridine rings is 1. The van der Waals surface area contributed by atoms with Crippen molar-refractivity contribution >= 4 is 5.82 Å². The molecule has 0 spiro atoms. The van der Waals surface area contributed by atoms with E-state index in [9.17, 15) is 4.79 Å². The Morgan fingerprint density at radius 2 is 2.08 bits per heavy atom. The Balaban J connectivity index is 1.67. The van der Waals surface area contributed by atoms with Crippen LogP contribution in [0, 0.1) is 0 Å². The smallest absolute Gasteiger partial charge is 0.251 e. The van der Waals surface area contributed by atoms with Crippen molar-refractivity contribution in [3.05, 3.63) is 40.4 Å². The van der Waals surface area contributed by atoms with Crippen LogP contribution in [0.25, 0.3) is 11.4 Å². The third-order valence-corrected chi connectivity index (χ3v) is 4.91. The minimum atomic E-state index is -0.137. The number of ether oxygens (including phenoxy) is 1. The van der Waals surface area contributed by atoms with E-state index in [0.29, 0.717) is 11.9 Å². The summed E-state index contributed by atoms with van der Waals surface area (Å²) >= 11 is 0. The molecule has 2 N–H and O–H groups in total. The van der Waals surface area contributed by atoms with Gasteiger partial charge in [0.15, 0.2) is 0 Å². The van der Waals surface area contributed by atoms with Gasteiger partial charge in [0, 0.05) is 48.7 Å². The van der Waals surface area contributed by atoms with E-state index in [1.165, 1.54) is 6.07 Å². The summed E-state index contributed by atoms with van der Waals surface area (Å²) in [5.41, 5.74) is 1.44. The second kappa shape index (κ2) is 8.42. The van der Waals surface area contributed by atoms with Gasteiger partial charge in [-0.3, -0.25) is 9.69 Å². The van der Waals surface area contributed by atoms with Crippen molar-refractivity contribution in [3.8, 4) is 11.4 Å². The molecule has 3 heterocycles. The molecular weight excluding hydrogens is 330 g/mol. The minimum absolute atomic E-state index is 0.137. The zero-order valence-corrected chi connectivity index (χ0v) is 15.7. The van der Waals surface area contributed by atoms with Gasteiger partial charge in [-0.15, -0.1) is 0 Å². The number of H-pyrrole nitrogens is 1. The summed E-state index contributed by atoms with van der Waals surface area (Å²) in [6, 6.07) is 6.03. The van der Waals surface area contributed by atoms with Crippen molar-refractivity contribution < 1.29 is 4.74 Å². The van der Waals surface area contributed by atoms with Gasteiger partial charge in [0.25, 0.3) is 5.56 Å². The first-order chi connectivity index (χ1) is 12.6. The predicted octanol–water partition coefficient (Wildman–Crippen LogP) is 1.92. The minimum Gasteiger partial charge on any atom is -0.379 e. The number of hydrogen-bond donors (Lipinski definition) is 2. The van der Waals surface area contributed by atoms with Crippen molar-refractivity contribution in [3.63, 3.8) is 0 Å². The van der Waals surface area contributed by atoms with Gasteiger partial charge in [-0.2, -0.15) is 0 Å². The maximum absolute atomic E-state index is 11.7. The number of aryl methyl sites for hydroxylation is 1. The third kappa shape index (κ3) is 4.47. The summed E-state index contributed by atoms with van der Waals surface area (Å²) in [7, 11) is 0. The first-order valence-corrected chi connectivity index (χ1v) is 9.22. The number of rotatable bonds is 6. The molecule has 2 aromatic rings. The van der Waals surface area contributed by atoms with E-state index in [2.05, 4.69) is 39.0 Å². The van der Waals surface area contributed by atoms with E-state index in [0.717, 1.165) is 49.8 Å². The molecule has 7 nitrogen and oxygen atoms in total. The lowest BCUT2D eigenvalue weighted by Crippen LogP contribution is -2.48. The normalized spacial score (nSPS) is 17.7. The van der Waals surface area contributed by atoms with Gasteiger partial charge >= 0.3 is 0 Å². The number of anilines is 1. The molecule has 0 amide bonds. The highest BCUT2D eigenvalue weighted by Gasteiger charge is 2.22. The van der Waals surface area contributed by atoms with Gasteiger partial charge in [0.2, 0.25) is 0 Å².